The van der Waals surface area contributed by atoms with Gasteiger partial charge in [0.25, 0.3) is 0 Å². The number of benzene rings is 2. The summed E-state index contributed by atoms with van der Waals surface area (Å²) in [5.41, 5.74) is -2.70. The van der Waals surface area contributed by atoms with Crippen LogP contribution in [0.2, 0.25) is 0 Å². The van der Waals surface area contributed by atoms with Gasteiger partial charge < -0.3 is 20.1 Å². The van der Waals surface area contributed by atoms with E-state index < -0.39 is 58.2 Å². The minimum Gasteiger partial charge on any atom is -0.506 e. The topological polar surface area (TPSA) is 108 Å². The van der Waals surface area contributed by atoms with Crippen LogP contribution in [0.3, 0.4) is 0 Å². The van der Waals surface area contributed by atoms with Gasteiger partial charge in [-0.05, 0) is 25.5 Å². The number of carbonyl (C=O) groups excluding carboxylic acids is 3. The number of halogens is 4. The average Bonchev–Trinajstić information content (AvgIpc) is 3.26. The van der Waals surface area contributed by atoms with Crippen LogP contribution in [0.1, 0.15) is 30.6 Å². The standard InChI is InChI=1S/C24H23F4N3O5/c1-3-36-24(35)14(10-29-15-6-4-5-7-16(15)33)23(34)17-18(25)20(27)22(21(28)19(17)26)31-9-8-13(11-31)30-12(2)32/h4-7,10,13-14,33H,3,8-9,11H2,1-2H3,(H,30,32). The first-order valence-electron chi connectivity index (χ1n) is 11.0. The molecule has 12 heteroatoms. The predicted octanol–water partition coefficient (Wildman–Crippen LogP) is 3.43. The van der Waals surface area contributed by atoms with Crippen LogP contribution < -0.4 is 10.2 Å². The number of carbonyl (C=O) groups is 3. The molecule has 2 unspecified atom stereocenters. The number of phenols is 1. The number of para-hydroxylation sites is 2. The van der Waals surface area contributed by atoms with Gasteiger partial charge in [0.15, 0.2) is 35.0 Å². The van der Waals surface area contributed by atoms with Crippen LogP contribution in [0.4, 0.5) is 28.9 Å². The second kappa shape index (κ2) is 11.2. The SMILES string of the molecule is CCOC(=O)C(C=Nc1ccccc1O)C(=O)c1c(F)c(F)c(N2CCC(NC(C)=O)C2)c(F)c1F. The van der Waals surface area contributed by atoms with Gasteiger partial charge in [0.2, 0.25) is 5.91 Å². The van der Waals surface area contributed by atoms with E-state index in [0.717, 1.165) is 4.90 Å². The lowest BCUT2D eigenvalue weighted by molar-refractivity contribution is -0.144. The third-order valence-electron chi connectivity index (χ3n) is 5.47. The molecule has 0 spiro atoms. The minimum atomic E-state index is -2.06. The maximum absolute atomic E-state index is 15.0. The van der Waals surface area contributed by atoms with Crippen LogP contribution in [0.15, 0.2) is 29.3 Å². The fourth-order valence-corrected chi connectivity index (χ4v) is 3.83. The van der Waals surface area contributed by atoms with Gasteiger partial charge in [0, 0.05) is 32.3 Å². The van der Waals surface area contributed by atoms with E-state index >= 15 is 8.78 Å². The molecule has 0 aliphatic carbocycles. The van der Waals surface area contributed by atoms with Crippen molar-refractivity contribution in [2.24, 2.45) is 10.9 Å². The number of esters is 1. The van der Waals surface area contributed by atoms with Crippen LogP contribution >= 0.6 is 0 Å². The van der Waals surface area contributed by atoms with Crippen molar-refractivity contribution in [3.05, 3.63) is 53.1 Å². The molecular weight excluding hydrogens is 486 g/mol. The molecule has 1 amide bonds. The molecule has 1 heterocycles. The molecule has 2 aromatic carbocycles. The number of rotatable bonds is 8. The van der Waals surface area contributed by atoms with Gasteiger partial charge in [0.05, 0.1) is 12.2 Å². The molecule has 1 fully saturated rings. The second-order valence-corrected chi connectivity index (χ2v) is 7.97. The Hall–Kier alpha value is -3.96. The van der Waals surface area contributed by atoms with E-state index in [1.807, 2.05) is 0 Å². The highest BCUT2D eigenvalue weighted by Crippen LogP contribution is 2.34. The van der Waals surface area contributed by atoms with Gasteiger partial charge in [0.1, 0.15) is 17.1 Å². The van der Waals surface area contributed by atoms with Crippen molar-refractivity contribution in [1.82, 2.24) is 5.32 Å². The van der Waals surface area contributed by atoms with Crippen molar-refractivity contribution >= 4 is 35.2 Å². The van der Waals surface area contributed by atoms with Crippen molar-refractivity contribution in [3.8, 4) is 5.75 Å². The first kappa shape index (κ1) is 26.6. The number of nitrogens with one attached hydrogen (secondary N) is 1. The molecule has 0 bridgehead atoms. The van der Waals surface area contributed by atoms with Crippen molar-refractivity contribution in [2.45, 2.75) is 26.3 Å². The number of ether oxygens (including phenoxy) is 1. The van der Waals surface area contributed by atoms with Crippen molar-refractivity contribution < 1.29 is 41.8 Å². The Morgan fingerprint density at radius 1 is 1.17 bits per heavy atom. The van der Waals surface area contributed by atoms with E-state index in [9.17, 15) is 28.3 Å². The first-order chi connectivity index (χ1) is 17.1. The van der Waals surface area contributed by atoms with Gasteiger partial charge in [-0.25, -0.2) is 17.6 Å². The summed E-state index contributed by atoms with van der Waals surface area (Å²) in [6.45, 7) is 2.34. The molecule has 1 aliphatic heterocycles. The Kier molecular flexibility index (Phi) is 8.28. The quantitative estimate of drug-likeness (QED) is 0.141. The monoisotopic (exact) mass is 509 g/mol. The zero-order valence-electron chi connectivity index (χ0n) is 19.4. The van der Waals surface area contributed by atoms with Crippen molar-refractivity contribution in [3.63, 3.8) is 0 Å². The molecule has 0 radical (unpaired) electrons. The summed E-state index contributed by atoms with van der Waals surface area (Å²) < 4.78 is 64.7. The van der Waals surface area contributed by atoms with E-state index in [4.69, 9.17) is 4.74 Å². The molecule has 192 valence electrons. The Bertz CT molecular complexity index is 1190. The predicted molar refractivity (Wildman–Crippen MR) is 121 cm³/mol. The van der Waals surface area contributed by atoms with Crippen LogP contribution in [0.25, 0.3) is 0 Å². The summed E-state index contributed by atoms with van der Waals surface area (Å²) in [7, 11) is 0. The lowest BCUT2D eigenvalue weighted by Crippen LogP contribution is -2.36. The number of hydrogen-bond acceptors (Lipinski definition) is 7. The van der Waals surface area contributed by atoms with Gasteiger partial charge in [-0.2, -0.15) is 0 Å². The van der Waals surface area contributed by atoms with E-state index in [1.165, 1.54) is 38.1 Å². The summed E-state index contributed by atoms with van der Waals surface area (Å²) in [5.74, 6) is -13.2. The van der Waals surface area contributed by atoms with Gasteiger partial charge in [-0.3, -0.25) is 19.4 Å². The van der Waals surface area contributed by atoms with Crippen LogP contribution in [-0.2, 0) is 14.3 Å². The maximum Gasteiger partial charge on any atom is 0.322 e. The molecule has 1 saturated heterocycles. The smallest absolute Gasteiger partial charge is 0.322 e. The summed E-state index contributed by atoms with van der Waals surface area (Å²) in [4.78, 5) is 41.4. The summed E-state index contributed by atoms with van der Waals surface area (Å²) in [5, 5.41) is 12.4. The van der Waals surface area contributed by atoms with Crippen LogP contribution in [0.5, 0.6) is 5.75 Å². The van der Waals surface area contributed by atoms with Gasteiger partial charge in [-0.15, -0.1) is 0 Å². The number of Topliss-reactive ketones (excluding diaryl/α,β-unsaturated/α-hetero) is 1. The first-order valence-corrected chi connectivity index (χ1v) is 11.0. The summed E-state index contributed by atoms with van der Waals surface area (Å²) in [6.07, 6.45) is 0.951. The zero-order chi connectivity index (χ0) is 26.6. The lowest BCUT2D eigenvalue weighted by Gasteiger charge is -2.22. The number of phenolic OH excluding ortho intramolecular Hbond substituents is 1. The van der Waals surface area contributed by atoms with Crippen LogP contribution in [-0.4, -0.2) is 54.7 Å². The minimum absolute atomic E-state index is 0.0103. The summed E-state index contributed by atoms with van der Waals surface area (Å²) in [6, 6.07) is 5.08. The number of aromatic hydroxyl groups is 1. The van der Waals surface area contributed by atoms with E-state index in [1.54, 1.807) is 0 Å². The van der Waals surface area contributed by atoms with Gasteiger partial charge in [-0.1, -0.05) is 12.1 Å². The van der Waals surface area contributed by atoms with E-state index in [-0.39, 0.29) is 43.5 Å². The second-order valence-electron chi connectivity index (χ2n) is 7.97. The Balaban J connectivity index is 2.01. The molecule has 0 saturated carbocycles. The number of nitrogens with zero attached hydrogens (tertiary/aromatic N) is 2. The third-order valence-corrected chi connectivity index (χ3v) is 5.47. The number of hydrogen-bond donors (Lipinski definition) is 2. The molecule has 2 aromatic rings. The van der Waals surface area contributed by atoms with Crippen molar-refractivity contribution in [1.29, 1.82) is 0 Å². The molecular formula is C24H23F4N3O5. The van der Waals surface area contributed by atoms with Gasteiger partial charge >= 0.3 is 5.97 Å². The molecule has 36 heavy (non-hydrogen) atoms. The molecule has 8 nitrogen and oxygen atoms in total. The zero-order valence-corrected chi connectivity index (χ0v) is 19.4. The highest BCUT2D eigenvalue weighted by atomic mass is 19.2. The molecule has 3 rings (SSSR count). The number of amides is 1. The average molecular weight is 509 g/mol. The molecule has 1 aliphatic rings. The lowest BCUT2D eigenvalue weighted by atomic mass is 9.96. The number of anilines is 1. The third kappa shape index (κ3) is 5.47. The Morgan fingerprint density at radius 3 is 2.39 bits per heavy atom. The number of aliphatic imine (C=N–C) groups is 1. The molecule has 0 aromatic heterocycles. The number of ketones is 1. The van der Waals surface area contributed by atoms with E-state index in [0.29, 0.717) is 6.21 Å². The highest BCUT2D eigenvalue weighted by molar-refractivity contribution is 6.19. The molecule has 2 N–H and O–H groups in total. The van der Waals surface area contributed by atoms with Crippen LogP contribution in [0, 0.1) is 29.2 Å². The molecule has 2 atom stereocenters. The normalized spacial score (nSPS) is 16.3. The largest absolute Gasteiger partial charge is 0.506 e. The van der Waals surface area contributed by atoms with E-state index in [2.05, 4.69) is 10.3 Å². The fourth-order valence-electron chi connectivity index (χ4n) is 3.83. The highest BCUT2D eigenvalue weighted by Gasteiger charge is 2.38. The Labute approximate surface area is 203 Å². The Morgan fingerprint density at radius 2 is 1.81 bits per heavy atom. The fraction of sp³-hybridized carbons (Fsp3) is 0.333. The van der Waals surface area contributed by atoms with Crippen molar-refractivity contribution in [2.75, 3.05) is 24.6 Å². The maximum atomic E-state index is 15.0. The summed E-state index contributed by atoms with van der Waals surface area (Å²) >= 11 is 0.